The molecule has 202 valence electrons. The Balaban J connectivity index is 1.59. The van der Waals surface area contributed by atoms with Crippen molar-refractivity contribution in [3.05, 3.63) is 69.3 Å². The summed E-state index contributed by atoms with van der Waals surface area (Å²) in [6.45, 7) is 5.15. The molecule has 2 unspecified atom stereocenters. The number of carbonyl (C=O) groups is 2. The van der Waals surface area contributed by atoms with E-state index >= 15 is 0 Å². The van der Waals surface area contributed by atoms with Gasteiger partial charge in [0.1, 0.15) is 12.4 Å². The van der Waals surface area contributed by atoms with Gasteiger partial charge in [-0.05, 0) is 62.7 Å². The Morgan fingerprint density at radius 1 is 1.13 bits per heavy atom. The number of nitrogens with zero attached hydrogens (tertiary/aromatic N) is 3. The molecule has 2 aromatic carbocycles. The third-order valence-electron chi connectivity index (χ3n) is 6.29. The summed E-state index contributed by atoms with van der Waals surface area (Å²) in [4.78, 5) is 42.6. The van der Waals surface area contributed by atoms with Crippen molar-refractivity contribution < 1.29 is 32.6 Å². The molecule has 1 aromatic heterocycles. The van der Waals surface area contributed by atoms with Crippen LogP contribution in [0, 0.1) is 6.92 Å². The fraction of sp³-hybridized carbons (Fsp3) is 0.385. The number of carboxylic acids is 1. The predicted molar refractivity (Wildman–Crippen MR) is 133 cm³/mol. The maximum Gasteiger partial charge on any atom is 0.416 e. The number of hydrogen-bond donors (Lipinski definition) is 2. The highest BCUT2D eigenvalue weighted by Gasteiger charge is 2.34. The Bertz CT molecular complexity index is 1430. The SMILES string of the molecule is Cc1nc2cc(C(F)(F)F)c(CNc3ccc(C(=O)N4CC(C)OC(C)C4)cc3)cc2c(=O)n1CC(=O)O. The zero-order valence-electron chi connectivity index (χ0n) is 21.0. The Morgan fingerprint density at radius 3 is 2.34 bits per heavy atom. The van der Waals surface area contributed by atoms with E-state index in [9.17, 15) is 27.6 Å². The molecule has 2 N–H and O–H groups in total. The monoisotopic (exact) mass is 532 g/mol. The topological polar surface area (TPSA) is 114 Å². The number of alkyl halides is 3. The Labute approximate surface area is 215 Å². The molecule has 4 rings (SSSR count). The fourth-order valence-corrected chi connectivity index (χ4v) is 4.61. The number of morpholine rings is 1. The van der Waals surface area contributed by atoms with Crippen LogP contribution in [0.4, 0.5) is 18.9 Å². The number of hydrogen-bond acceptors (Lipinski definition) is 6. The average Bonchev–Trinajstić information content (AvgIpc) is 2.83. The smallest absolute Gasteiger partial charge is 0.416 e. The number of rotatable bonds is 6. The molecular formula is C26H27F3N4O5. The highest BCUT2D eigenvalue weighted by Crippen LogP contribution is 2.34. The van der Waals surface area contributed by atoms with E-state index in [1.165, 1.54) is 6.92 Å². The summed E-state index contributed by atoms with van der Waals surface area (Å²) in [6, 6.07) is 8.28. The molecule has 2 atom stereocenters. The molecule has 0 spiro atoms. The quantitative estimate of drug-likeness (QED) is 0.498. The first kappa shape index (κ1) is 27.1. The normalized spacial score (nSPS) is 18.0. The molecule has 1 fully saturated rings. The van der Waals surface area contributed by atoms with Gasteiger partial charge in [-0.1, -0.05) is 0 Å². The standard InChI is InChI=1S/C26H27F3N4O5/c1-14-11-32(12-15(2)38-14)24(36)17-4-6-19(7-5-17)30-10-18-8-20-22(9-21(18)26(27,28)29)31-16(3)33(25(20)37)13-23(34)35/h4-9,14-15,30H,10-13H2,1-3H3,(H,34,35). The molecule has 1 aliphatic rings. The van der Waals surface area contributed by atoms with Gasteiger partial charge >= 0.3 is 12.1 Å². The molecule has 1 aliphatic heterocycles. The van der Waals surface area contributed by atoms with Gasteiger partial charge in [-0.25, -0.2) is 4.98 Å². The minimum Gasteiger partial charge on any atom is -0.480 e. The molecule has 0 radical (unpaired) electrons. The van der Waals surface area contributed by atoms with E-state index in [4.69, 9.17) is 9.84 Å². The van der Waals surface area contributed by atoms with Crippen molar-refractivity contribution in [1.82, 2.24) is 14.5 Å². The summed E-state index contributed by atoms with van der Waals surface area (Å²) < 4.78 is 48.1. The van der Waals surface area contributed by atoms with Gasteiger partial charge in [0, 0.05) is 30.9 Å². The summed E-state index contributed by atoms with van der Waals surface area (Å²) >= 11 is 0. The van der Waals surface area contributed by atoms with Crippen LogP contribution in [0.1, 0.15) is 41.2 Å². The zero-order valence-corrected chi connectivity index (χ0v) is 21.0. The first-order chi connectivity index (χ1) is 17.8. The van der Waals surface area contributed by atoms with Crippen LogP contribution in [0.25, 0.3) is 10.9 Å². The molecular weight excluding hydrogens is 505 g/mol. The predicted octanol–water partition coefficient (Wildman–Crippen LogP) is 3.67. The number of amides is 1. The summed E-state index contributed by atoms with van der Waals surface area (Å²) in [5.74, 6) is -1.43. The number of ether oxygens (including phenoxy) is 1. The summed E-state index contributed by atoms with van der Waals surface area (Å²) in [7, 11) is 0. The number of carboxylic acid groups (broad SMARTS) is 1. The lowest BCUT2D eigenvalue weighted by molar-refractivity contribution is -0.138. The molecule has 0 saturated carbocycles. The lowest BCUT2D eigenvalue weighted by Crippen LogP contribution is -2.48. The number of halogens is 3. The second-order valence-corrected chi connectivity index (χ2v) is 9.37. The maximum absolute atomic E-state index is 13.9. The van der Waals surface area contributed by atoms with E-state index in [-0.39, 0.29) is 47.0 Å². The van der Waals surface area contributed by atoms with Gasteiger partial charge in [-0.2, -0.15) is 13.2 Å². The number of nitrogens with one attached hydrogen (secondary N) is 1. The van der Waals surface area contributed by atoms with Crippen LogP contribution in [0.3, 0.4) is 0 Å². The number of benzene rings is 2. The number of fused-ring (bicyclic) bond motifs is 1. The zero-order chi connectivity index (χ0) is 27.8. The van der Waals surface area contributed by atoms with Crippen LogP contribution in [0.5, 0.6) is 0 Å². The van der Waals surface area contributed by atoms with Crippen molar-refractivity contribution in [3.63, 3.8) is 0 Å². The first-order valence-corrected chi connectivity index (χ1v) is 11.9. The van der Waals surface area contributed by atoms with Gasteiger partial charge in [-0.3, -0.25) is 19.0 Å². The largest absolute Gasteiger partial charge is 0.480 e. The number of anilines is 1. The van der Waals surface area contributed by atoms with Gasteiger partial charge in [-0.15, -0.1) is 0 Å². The average molecular weight is 533 g/mol. The van der Waals surface area contributed by atoms with E-state index in [0.717, 1.165) is 16.7 Å². The molecule has 2 heterocycles. The van der Waals surface area contributed by atoms with Crippen LogP contribution in [0.15, 0.2) is 41.2 Å². The van der Waals surface area contributed by atoms with E-state index in [2.05, 4.69) is 10.3 Å². The lowest BCUT2D eigenvalue weighted by atomic mass is 10.0. The van der Waals surface area contributed by atoms with Gasteiger partial charge in [0.25, 0.3) is 11.5 Å². The van der Waals surface area contributed by atoms with Crippen molar-refractivity contribution in [3.8, 4) is 0 Å². The van der Waals surface area contributed by atoms with E-state index < -0.39 is 29.8 Å². The second-order valence-electron chi connectivity index (χ2n) is 9.37. The second kappa shape index (κ2) is 10.4. The minimum absolute atomic E-state index is 0.000435. The molecule has 1 saturated heterocycles. The molecule has 9 nitrogen and oxygen atoms in total. The summed E-state index contributed by atoms with van der Waals surface area (Å²) in [5.41, 5.74) is -1.14. The van der Waals surface area contributed by atoms with E-state index in [1.807, 2.05) is 13.8 Å². The lowest BCUT2D eigenvalue weighted by Gasteiger charge is -2.35. The van der Waals surface area contributed by atoms with Gasteiger partial charge in [0.15, 0.2) is 0 Å². The van der Waals surface area contributed by atoms with Crippen molar-refractivity contribution in [2.45, 2.75) is 52.2 Å². The highest BCUT2D eigenvalue weighted by atomic mass is 19.4. The summed E-state index contributed by atoms with van der Waals surface area (Å²) in [6.07, 6.45) is -4.87. The Hall–Kier alpha value is -3.93. The first-order valence-electron chi connectivity index (χ1n) is 11.9. The van der Waals surface area contributed by atoms with E-state index in [0.29, 0.717) is 24.3 Å². The van der Waals surface area contributed by atoms with Crippen molar-refractivity contribution in [2.24, 2.45) is 0 Å². The molecule has 12 heteroatoms. The molecule has 3 aromatic rings. The number of aromatic nitrogens is 2. The van der Waals surface area contributed by atoms with Gasteiger partial charge < -0.3 is 20.1 Å². The van der Waals surface area contributed by atoms with Crippen LogP contribution in [-0.2, 0) is 28.8 Å². The minimum atomic E-state index is -4.71. The number of aliphatic carboxylic acids is 1. The van der Waals surface area contributed by atoms with Crippen molar-refractivity contribution >= 4 is 28.5 Å². The van der Waals surface area contributed by atoms with Crippen LogP contribution in [-0.4, -0.2) is 56.7 Å². The van der Waals surface area contributed by atoms with Crippen molar-refractivity contribution in [2.75, 3.05) is 18.4 Å². The maximum atomic E-state index is 13.9. The molecule has 0 aliphatic carbocycles. The molecule has 38 heavy (non-hydrogen) atoms. The molecule has 0 bridgehead atoms. The number of carbonyl (C=O) groups excluding carboxylic acids is 1. The fourth-order valence-electron chi connectivity index (χ4n) is 4.61. The third-order valence-corrected chi connectivity index (χ3v) is 6.29. The van der Waals surface area contributed by atoms with Gasteiger partial charge in [0.2, 0.25) is 0 Å². The summed E-state index contributed by atoms with van der Waals surface area (Å²) in [5, 5.41) is 11.9. The highest BCUT2D eigenvalue weighted by molar-refractivity contribution is 5.94. The Morgan fingerprint density at radius 2 is 1.76 bits per heavy atom. The number of aryl methyl sites for hydroxylation is 1. The van der Waals surface area contributed by atoms with Crippen LogP contribution >= 0.6 is 0 Å². The Kier molecular flexibility index (Phi) is 7.45. The third kappa shape index (κ3) is 5.80. The van der Waals surface area contributed by atoms with Crippen LogP contribution < -0.4 is 10.9 Å². The van der Waals surface area contributed by atoms with E-state index in [1.54, 1.807) is 29.2 Å². The van der Waals surface area contributed by atoms with Crippen LogP contribution in [0.2, 0.25) is 0 Å². The van der Waals surface area contributed by atoms with Crippen molar-refractivity contribution in [1.29, 1.82) is 0 Å². The van der Waals surface area contributed by atoms with Gasteiger partial charge in [0.05, 0.1) is 28.7 Å². The molecule has 1 amide bonds.